The summed E-state index contributed by atoms with van der Waals surface area (Å²) in [7, 11) is -6.13. The highest BCUT2D eigenvalue weighted by molar-refractivity contribution is 7.91. The molecule has 0 N–H and O–H groups in total. The van der Waals surface area contributed by atoms with Crippen molar-refractivity contribution >= 4 is 31.5 Å². The summed E-state index contributed by atoms with van der Waals surface area (Å²) in [6, 6.07) is 6.87. The van der Waals surface area contributed by atoms with Crippen molar-refractivity contribution < 1.29 is 21.3 Å². The van der Waals surface area contributed by atoms with E-state index in [9.17, 15) is 16.8 Å². The fraction of sp³-hybridized carbons (Fsp3) is 0.231. The molecule has 22 heavy (non-hydrogen) atoms. The van der Waals surface area contributed by atoms with Gasteiger partial charge in [0, 0.05) is 13.3 Å². The number of sulfonamides is 1. The lowest BCUT2D eigenvalue weighted by molar-refractivity contribution is 0.406. The molecule has 0 spiro atoms. The lowest BCUT2D eigenvalue weighted by Crippen LogP contribution is -2.26. The van der Waals surface area contributed by atoms with E-state index in [4.69, 9.17) is 16.0 Å². The molecule has 6 nitrogen and oxygen atoms in total. The van der Waals surface area contributed by atoms with E-state index in [1.165, 1.54) is 25.4 Å². The first-order valence-corrected chi connectivity index (χ1v) is 9.81. The lowest BCUT2D eigenvalue weighted by atomic mass is 10.4. The molecule has 0 aliphatic rings. The molecule has 0 unspecified atom stereocenters. The van der Waals surface area contributed by atoms with E-state index in [0.29, 0.717) is 5.76 Å². The number of halogens is 1. The number of benzene rings is 1. The van der Waals surface area contributed by atoms with Crippen LogP contribution in [0, 0.1) is 0 Å². The van der Waals surface area contributed by atoms with E-state index >= 15 is 0 Å². The molecule has 0 fully saturated rings. The number of furan rings is 1. The van der Waals surface area contributed by atoms with Gasteiger partial charge in [0.2, 0.25) is 10.0 Å². The maximum Gasteiger partial charge on any atom is 0.244 e. The van der Waals surface area contributed by atoms with Gasteiger partial charge in [-0.05, 0) is 30.3 Å². The minimum absolute atomic E-state index is 0.00870. The normalized spacial score (nSPS) is 12.7. The molecular formula is C13H14ClNO5S2. The summed E-state index contributed by atoms with van der Waals surface area (Å²) in [6.07, 6.45) is 2.44. The third-order valence-electron chi connectivity index (χ3n) is 2.98. The van der Waals surface area contributed by atoms with Gasteiger partial charge in [-0.1, -0.05) is 11.6 Å². The Morgan fingerprint density at radius 1 is 1.18 bits per heavy atom. The summed E-state index contributed by atoms with van der Waals surface area (Å²) < 4.78 is 54.4. The Labute approximate surface area is 134 Å². The van der Waals surface area contributed by atoms with Crippen LogP contribution in [-0.2, 0) is 26.4 Å². The zero-order valence-corrected chi connectivity index (χ0v) is 14.2. The smallest absolute Gasteiger partial charge is 0.244 e. The zero-order valence-electron chi connectivity index (χ0n) is 11.9. The minimum atomic E-state index is -3.95. The molecule has 2 aromatic rings. The molecular weight excluding hydrogens is 350 g/mol. The zero-order chi connectivity index (χ0) is 16.5. The maximum atomic E-state index is 12.6. The molecule has 1 aromatic heterocycles. The fourth-order valence-electron chi connectivity index (χ4n) is 1.79. The first-order valence-electron chi connectivity index (χ1n) is 6.10. The topological polar surface area (TPSA) is 84.7 Å². The van der Waals surface area contributed by atoms with Crippen LogP contribution in [0.1, 0.15) is 5.76 Å². The van der Waals surface area contributed by atoms with Gasteiger partial charge in [-0.3, -0.25) is 0 Å². The summed E-state index contributed by atoms with van der Waals surface area (Å²) in [6.45, 7) is 0.00870. The van der Waals surface area contributed by atoms with Crippen LogP contribution in [-0.4, -0.2) is 34.4 Å². The summed E-state index contributed by atoms with van der Waals surface area (Å²) in [4.78, 5) is -0.368. The first kappa shape index (κ1) is 17.0. The number of sulfone groups is 1. The van der Waals surface area contributed by atoms with E-state index in [1.807, 2.05) is 0 Å². The largest absolute Gasteiger partial charge is 0.468 e. The second kappa shape index (κ2) is 6.04. The quantitative estimate of drug-likeness (QED) is 0.812. The van der Waals surface area contributed by atoms with Gasteiger partial charge in [0.1, 0.15) is 10.7 Å². The fourth-order valence-corrected chi connectivity index (χ4v) is 4.14. The number of hydrogen-bond acceptors (Lipinski definition) is 5. The van der Waals surface area contributed by atoms with Gasteiger partial charge in [-0.2, -0.15) is 4.31 Å². The monoisotopic (exact) mass is 363 g/mol. The molecule has 0 atom stereocenters. The molecule has 0 saturated heterocycles. The van der Waals surface area contributed by atoms with Gasteiger partial charge < -0.3 is 4.42 Å². The van der Waals surface area contributed by atoms with Crippen LogP contribution in [0.3, 0.4) is 0 Å². The van der Waals surface area contributed by atoms with Crippen molar-refractivity contribution in [2.45, 2.75) is 16.3 Å². The highest BCUT2D eigenvalue weighted by Crippen LogP contribution is 2.27. The average Bonchev–Trinajstić information content (AvgIpc) is 2.90. The Bertz CT molecular complexity index is 873. The Morgan fingerprint density at radius 3 is 2.41 bits per heavy atom. The Morgan fingerprint density at radius 2 is 1.86 bits per heavy atom. The molecule has 120 valence electrons. The Hall–Kier alpha value is -1.35. The molecule has 1 heterocycles. The van der Waals surface area contributed by atoms with Crippen molar-refractivity contribution in [3.63, 3.8) is 0 Å². The predicted molar refractivity (Wildman–Crippen MR) is 81.9 cm³/mol. The number of rotatable bonds is 5. The van der Waals surface area contributed by atoms with Crippen LogP contribution in [0.5, 0.6) is 0 Å². The summed E-state index contributed by atoms with van der Waals surface area (Å²) in [5.74, 6) is 0.460. The molecule has 0 radical (unpaired) electrons. The third kappa shape index (κ3) is 3.52. The van der Waals surface area contributed by atoms with Gasteiger partial charge in [0.25, 0.3) is 0 Å². The Kier molecular flexibility index (Phi) is 4.67. The molecule has 0 aliphatic carbocycles. The Balaban J connectivity index is 2.44. The van der Waals surface area contributed by atoms with E-state index < -0.39 is 19.9 Å². The molecule has 0 aliphatic heterocycles. The molecule has 0 bridgehead atoms. The van der Waals surface area contributed by atoms with E-state index in [-0.39, 0.29) is 21.4 Å². The molecule has 0 saturated carbocycles. The van der Waals surface area contributed by atoms with Gasteiger partial charge in [-0.25, -0.2) is 16.8 Å². The third-order valence-corrected chi connectivity index (χ3v) is 6.37. The lowest BCUT2D eigenvalue weighted by Gasteiger charge is -2.17. The van der Waals surface area contributed by atoms with Crippen LogP contribution in [0.4, 0.5) is 0 Å². The van der Waals surface area contributed by atoms with Crippen molar-refractivity contribution in [2.75, 3.05) is 13.3 Å². The SMILES string of the molecule is CN(Cc1ccco1)S(=O)(=O)c1cc(S(C)(=O)=O)ccc1Cl. The summed E-state index contributed by atoms with van der Waals surface area (Å²) >= 11 is 5.93. The average molecular weight is 364 g/mol. The van der Waals surface area contributed by atoms with E-state index in [2.05, 4.69) is 0 Å². The number of hydrogen-bond donors (Lipinski definition) is 0. The first-order chi connectivity index (χ1) is 10.1. The van der Waals surface area contributed by atoms with Crippen molar-refractivity contribution in [1.29, 1.82) is 0 Å². The van der Waals surface area contributed by atoms with Crippen LogP contribution in [0.15, 0.2) is 50.8 Å². The van der Waals surface area contributed by atoms with Crippen molar-refractivity contribution in [3.8, 4) is 0 Å². The van der Waals surface area contributed by atoms with Crippen molar-refractivity contribution in [1.82, 2.24) is 4.31 Å². The number of nitrogens with zero attached hydrogens (tertiary/aromatic N) is 1. The van der Waals surface area contributed by atoms with Gasteiger partial charge in [0.05, 0.1) is 22.7 Å². The minimum Gasteiger partial charge on any atom is -0.468 e. The molecule has 1 aromatic carbocycles. The van der Waals surface area contributed by atoms with Crippen LogP contribution < -0.4 is 0 Å². The van der Waals surface area contributed by atoms with Gasteiger partial charge in [-0.15, -0.1) is 0 Å². The van der Waals surface area contributed by atoms with Crippen LogP contribution in [0.25, 0.3) is 0 Å². The van der Waals surface area contributed by atoms with Crippen LogP contribution in [0.2, 0.25) is 5.02 Å². The van der Waals surface area contributed by atoms with E-state index in [0.717, 1.165) is 16.6 Å². The predicted octanol–water partition coefficient (Wildman–Crippen LogP) is 2.16. The van der Waals surface area contributed by atoms with Gasteiger partial charge >= 0.3 is 0 Å². The summed E-state index contributed by atoms with van der Waals surface area (Å²) in [5.41, 5.74) is 0. The van der Waals surface area contributed by atoms with Crippen LogP contribution >= 0.6 is 11.6 Å². The highest BCUT2D eigenvalue weighted by atomic mass is 35.5. The van der Waals surface area contributed by atoms with Crippen molar-refractivity contribution in [2.24, 2.45) is 0 Å². The van der Waals surface area contributed by atoms with Gasteiger partial charge in [0.15, 0.2) is 9.84 Å². The summed E-state index contributed by atoms with van der Waals surface area (Å²) in [5, 5.41) is -0.0429. The highest BCUT2D eigenvalue weighted by Gasteiger charge is 2.26. The van der Waals surface area contributed by atoms with Crippen molar-refractivity contribution in [3.05, 3.63) is 47.4 Å². The second-order valence-electron chi connectivity index (χ2n) is 4.70. The van der Waals surface area contributed by atoms with E-state index in [1.54, 1.807) is 12.1 Å². The second-order valence-corrected chi connectivity index (χ2v) is 9.14. The molecule has 9 heteroatoms. The standard InChI is InChI=1S/C13H14ClNO5S2/c1-15(9-10-4-3-7-20-10)22(18,19)13-8-11(21(2,16)17)5-6-12(13)14/h3-8H,9H2,1-2H3. The molecule has 2 rings (SSSR count). The molecule has 0 amide bonds. The maximum absolute atomic E-state index is 12.6.